The summed E-state index contributed by atoms with van der Waals surface area (Å²) in [6.07, 6.45) is 0. The molecule has 2 rings (SSSR count). The van der Waals surface area contributed by atoms with Gasteiger partial charge in [-0.3, -0.25) is 0 Å². The van der Waals surface area contributed by atoms with Crippen LogP contribution in [0.4, 0.5) is 4.39 Å². The molecule has 0 aliphatic heterocycles. The van der Waals surface area contributed by atoms with Gasteiger partial charge in [-0.25, -0.2) is 4.39 Å². The zero-order chi connectivity index (χ0) is 15.5. The first-order valence-corrected chi connectivity index (χ1v) is 7.10. The van der Waals surface area contributed by atoms with Gasteiger partial charge >= 0.3 is 0 Å². The molecule has 0 bridgehead atoms. The summed E-state index contributed by atoms with van der Waals surface area (Å²) in [6, 6.07) is 12.8. The van der Waals surface area contributed by atoms with Crippen molar-refractivity contribution in [2.24, 2.45) is 5.73 Å². The first-order chi connectivity index (χ1) is 9.88. The lowest BCUT2D eigenvalue weighted by Gasteiger charge is -2.19. The van der Waals surface area contributed by atoms with E-state index >= 15 is 0 Å². The Labute approximate surface area is 125 Å². The van der Waals surface area contributed by atoms with Crippen LogP contribution in [-0.4, -0.2) is 0 Å². The first-order valence-electron chi connectivity index (χ1n) is 7.10. The maximum Gasteiger partial charge on any atom is 0.123 e. The van der Waals surface area contributed by atoms with E-state index in [-0.39, 0.29) is 11.2 Å². The molecular weight excluding hydrogens is 265 g/mol. The molecule has 0 radical (unpaired) electrons. The predicted octanol–water partition coefficient (Wildman–Crippen LogP) is 4.16. The molecule has 0 heterocycles. The van der Waals surface area contributed by atoms with Crippen molar-refractivity contribution < 1.29 is 9.13 Å². The molecule has 2 aromatic carbocycles. The summed E-state index contributed by atoms with van der Waals surface area (Å²) in [5.41, 5.74) is 8.40. The van der Waals surface area contributed by atoms with Crippen LogP contribution in [0.3, 0.4) is 0 Å². The van der Waals surface area contributed by atoms with Crippen LogP contribution in [0.1, 0.15) is 37.5 Å². The van der Waals surface area contributed by atoms with E-state index in [0.29, 0.717) is 13.2 Å². The molecule has 2 N–H and O–H groups in total. The van der Waals surface area contributed by atoms with Crippen molar-refractivity contribution >= 4 is 0 Å². The minimum Gasteiger partial charge on any atom is -0.489 e. The fraction of sp³-hybridized carbons (Fsp3) is 0.333. The molecule has 0 aromatic heterocycles. The van der Waals surface area contributed by atoms with Crippen molar-refractivity contribution in [1.29, 1.82) is 0 Å². The number of halogens is 1. The van der Waals surface area contributed by atoms with E-state index < -0.39 is 0 Å². The highest BCUT2D eigenvalue weighted by molar-refractivity contribution is 5.33. The second-order valence-corrected chi connectivity index (χ2v) is 6.24. The van der Waals surface area contributed by atoms with Crippen LogP contribution in [0.25, 0.3) is 0 Å². The van der Waals surface area contributed by atoms with Gasteiger partial charge in [0, 0.05) is 6.54 Å². The second-order valence-electron chi connectivity index (χ2n) is 6.24. The van der Waals surface area contributed by atoms with Crippen molar-refractivity contribution in [2.45, 2.75) is 39.3 Å². The van der Waals surface area contributed by atoms with Gasteiger partial charge in [-0.05, 0) is 46.4 Å². The largest absolute Gasteiger partial charge is 0.489 e. The summed E-state index contributed by atoms with van der Waals surface area (Å²) >= 11 is 0. The molecule has 3 heteroatoms. The number of rotatable bonds is 4. The highest BCUT2D eigenvalue weighted by Gasteiger charge is 2.13. The predicted molar refractivity (Wildman–Crippen MR) is 83.8 cm³/mol. The maximum absolute atomic E-state index is 13.4. The normalized spacial score (nSPS) is 11.5. The maximum atomic E-state index is 13.4. The van der Waals surface area contributed by atoms with Crippen LogP contribution in [0.2, 0.25) is 0 Å². The van der Waals surface area contributed by atoms with Gasteiger partial charge in [0.15, 0.2) is 0 Å². The fourth-order valence-corrected chi connectivity index (χ4v) is 2.14. The summed E-state index contributed by atoms with van der Waals surface area (Å²) in [5, 5.41) is 0. The fourth-order valence-electron chi connectivity index (χ4n) is 2.14. The molecule has 0 aliphatic carbocycles. The molecule has 0 saturated carbocycles. The van der Waals surface area contributed by atoms with Crippen molar-refractivity contribution in [3.8, 4) is 5.75 Å². The van der Waals surface area contributed by atoms with Crippen molar-refractivity contribution in [2.75, 3.05) is 0 Å². The van der Waals surface area contributed by atoms with E-state index in [2.05, 4.69) is 26.8 Å². The smallest absolute Gasteiger partial charge is 0.123 e. The van der Waals surface area contributed by atoms with Gasteiger partial charge < -0.3 is 10.5 Å². The third-order valence-electron chi connectivity index (χ3n) is 3.36. The van der Waals surface area contributed by atoms with Gasteiger partial charge in [-0.1, -0.05) is 39.0 Å². The summed E-state index contributed by atoms with van der Waals surface area (Å²) in [6.45, 7) is 7.13. The van der Waals surface area contributed by atoms with Crippen LogP contribution >= 0.6 is 0 Å². The Morgan fingerprint density at radius 2 is 1.76 bits per heavy atom. The topological polar surface area (TPSA) is 35.2 Å². The van der Waals surface area contributed by atoms with Crippen molar-refractivity contribution in [3.05, 3.63) is 65.0 Å². The molecule has 21 heavy (non-hydrogen) atoms. The van der Waals surface area contributed by atoms with Crippen LogP contribution in [0.5, 0.6) is 5.75 Å². The number of ether oxygens (including phenoxy) is 1. The third kappa shape index (κ3) is 4.30. The van der Waals surface area contributed by atoms with Gasteiger partial charge in [0.05, 0.1) is 0 Å². The average molecular weight is 287 g/mol. The highest BCUT2D eigenvalue weighted by atomic mass is 19.1. The molecule has 0 unspecified atom stereocenters. The minimum atomic E-state index is -0.278. The Hall–Kier alpha value is -1.87. The third-order valence-corrected chi connectivity index (χ3v) is 3.36. The quantitative estimate of drug-likeness (QED) is 0.916. The van der Waals surface area contributed by atoms with E-state index in [1.165, 1.54) is 17.7 Å². The van der Waals surface area contributed by atoms with Gasteiger partial charge in [0.25, 0.3) is 0 Å². The van der Waals surface area contributed by atoms with Crippen molar-refractivity contribution in [1.82, 2.24) is 0 Å². The lowest BCUT2D eigenvalue weighted by molar-refractivity contribution is 0.304. The molecule has 2 aromatic rings. The Morgan fingerprint density at radius 1 is 1.05 bits per heavy atom. The zero-order valence-electron chi connectivity index (χ0n) is 12.8. The Kier molecular flexibility index (Phi) is 4.63. The standard InChI is InChI=1S/C18H22FNO/c1-18(2,3)15-5-4-6-17(10-15)21-12-14-7-13(11-20)8-16(19)9-14/h4-10H,11-12,20H2,1-3H3. The molecule has 0 spiro atoms. The van der Waals surface area contributed by atoms with E-state index in [4.69, 9.17) is 10.5 Å². The number of nitrogens with two attached hydrogens (primary N) is 1. The second kappa shape index (κ2) is 6.27. The summed E-state index contributed by atoms with van der Waals surface area (Å²) in [7, 11) is 0. The molecule has 0 fully saturated rings. The van der Waals surface area contributed by atoms with E-state index in [0.717, 1.165) is 16.9 Å². The summed E-state index contributed by atoms with van der Waals surface area (Å²) in [4.78, 5) is 0. The van der Waals surface area contributed by atoms with E-state index in [9.17, 15) is 4.39 Å². The zero-order valence-corrected chi connectivity index (χ0v) is 12.8. The molecule has 2 nitrogen and oxygen atoms in total. The number of benzene rings is 2. The van der Waals surface area contributed by atoms with Crippen LogP contribution < -0.4 is 10.5 Å². The average Bonchev–Trinajstić information content (AvgIpc) is 2.44. The molecule has 0 amide bonds. The summed E-state index contributed by atoms with van der Waals surface area (Å²) in [5.74, 6) is 0.515. The Morgan fingerprint density at radius 3 is 2.43 bits per heavy atom. The SMILES string of the molecule is CC(C)(C)c1cccc(OCc2cc(F)cc(CN)c2)c1. The highest BCUT2D eigenvalue weighted by Crippen LogP contribution is 2.26. The lowest BCUT2D eigenvalue weighted by Crippen LogP contribution is -2.11. The van der Waals surface area contributed by atoms with E-state index in [1.807, 2.05) is 24.3 Å². The molecule has 0 saturated heterocycles. The van der Waals surface area contributed by atoms with Gasteiger partial charge in [0.2, 0.25) is 0 Å². The molecule has 0 aliphatic rings. The Bertz CT molecular complexity index is 617. The molecule has 112 valence electrons. The Balaban J connectivity index is 2.11. The van der Waals surface area contributed by atoms with Crippen LogP contribution in [-0.2, 0) is 18.6 Å². The molecular formula is C18H22FNO. The van der Waals surface area contributed by atoms with E-state index in [1.54, 1.807) is 0 Å². The monoisotopic (exact) mass is 287 g/mol. The number of hydrogen-bond acceptors (Lipinski definition) is 2. The van der Waals surface area contributed by atoms with Gasteiger partial charge in [-0.15, -0.1) is 0 Å². The minimum absolute atomic E-state index is 0.0743. The van der Waals surface area contributed by atoms with Crippen LogP contribution in [0, 0.1) is 5.82 Å². The summed E-state index contributed by atoms with van der Waals surface area (Å²) < 4.78 is 19.2. The van der Waals surface area contributed by atoms with Gasteiger partial charge in [-0.2, -0.15) is 0 Å². The van der Waals surface area contributed by atoms with Gasteiger partial charge in [0.1, 0.15) is 18.2 Å². The first kappa shape index (κ1) is 15.5. The van der Waals surface area contributed by atoms with Crippen LogP contribution in [0.15, 0.2) is 42.5 Å². The lowest BCUT2D eigenvalue weighted by atomic mass is 9.87. The van der Waals surface area contributed by atoms with Crippen molar-refractivity contribution in [3.63, 3.8) is 0 Å². The number of hydrogen-bond donors (Lipinski definition) is 1. The molecule has 0 atom stereocenters.